The van der Waals surface area contributed by atoms with E-state index in [0.29, 0.717) is 23.4 Å². The quantitative estimate of drug-likeness (QED) is 0.441. The molecule has 1 atom stereocenters. The summed E-state index contributed by atoms with van der Waals surface area (Å²) in [6.07, 6.45) is 0.698. The van der Waals surface area contributed by atoms with Crippen LogP contribution in [0.1, 0.15) is 18.9 Å². The Kier molecular flexibility index (Phi) is 5.62. The lowest BCUT2D eigenvalue weighted by atomic mass is 10.2. The third kappa shape index (κ3) is 4.79. The summed E-state index contributed by atoms with van der Waals surface area (Å²) >= 11 is 0. The summed E-state index contributed by atoms with van der Waals surface area (Å²) in [7, 11) is 0. The van der Waals surface area contributed by atoms with E-state index < -0.39 is 0 Å². The molecule has 3 rings (SSSR count). The van der Waals surface area contributed by atoms with Crippen molar-refractivity contribution in [3.8, 4) is 6.07 Å². The first-order chi connectivity index (χ1) is 13.0. The Morgan fingerprint density at radius 2 is 1.74 bits per heavy atom. The topological polar surface area (TPSA) is 78.0 Å². The number of hydrogen-bond acceptors (Lipinski definition) is 6. The number of nitriles is 1. The zero-order chi connectivity index (χ0) is 19.2. The maximum atomic E-state index is 11.6. The van der Waals surface area contributed by atoms with Crippen LogP contribution in [0.15, 0.2) is 70.9 Å². The average Bonchev–Trinajstić information content (AvgIpc) is 3.15. The van der Waals surface area contributed by atoms with Gasteiger partial charge in [-0.15, -0.1) is 0 Å². The Balaban J connectivity index is 1.59. The van der Waals surface area contributed by atoms with E-state index in [1.807, 2.05) is 24.3 Å². The van der Waals surface area contributed by atoms with Crippen molar-refractivity contribution in [1.29, 1.82) is 5.26 Å². The predicted octanol–water partition coefficient (Wildman–Crippen LogP) is 4.67. The van der Waals surface area contributed by atoms with Gasteiger partial charge in [-0.25, -0.2) is 4.79 Å². The normalized spacial score (nSPS) is 16.3. The van der Waals surface area contributed by atoms with E-state index in [0.717, 1.165) is 24.3 Å². The lowest BCUT2D eigenvalue weighted by Gasteiger charge is -2.18. The molecule has 0 radical (unpaired) electrons. The molecule has 136 valence electrons. The fourth-order valence-electron chi connectivity index (χ4n) is 2.76. The van der Waals surface area contributed by atoms with Crippen LogP contribution in [0.5, 0.6) is 0 Å². The van der Waals surface area contributed by atoms with Gasteiger partial charge in [0.2, 0.25) is 0 Å². The van der Waals surface area contributed by atoms with Gasteiger partial charge in [0.25, 0.3) is 0 Å². The highest BCUT2D eigenvalue weighted by atomic mass is 16.5. The van der Waals surface area contributed by atoms with Crippen LogP contribution in [-0.2, 0) is 9.53 Å². The van der Waals surface area contributed by atoms with Crippen LogP contribution >= 0.6 is 0 Å². The van der Waals surface area contributed by atoms with Crippen LogP contribution in [0.25, 0.3) is 0 Å². The summed E-state index contributed by atoms with van der Waals surface area (Å²) in [5.41, 5.74) is 3.51. The first-order valence-corrected chi connectivity index (χ1v) is 8.68. The van der Waals surface area contributed by atoms with Crippen LogP contribution in [0.3, 0.4) is 0 Å². The Labute approximate surface area is 158 Å². The Morgan fingerprint density at radius 1 is 1.15 bits per heavy atom. The molecule has 6 nitrogen and oxygen atoms in total. The van der Waals surface area contributed by atoms with Gasteiger partial charge in [0.05, 0.1) is 29.6 Å². The molecule has 1 aliphatic rings. The first-order valence-electron chi connectivity index (χ1n) is 8.68. The lowest BCUT2D eigenvalue weighted by Crippen LogP contribution is -2.24. The summed E-state index contributed by atoms with van der Waals surface area (Å²) in [6.45, 7) is 6.77. The van der Waals surface area contributed by atoms with Crippen molar-refractivity contribution >= 4 is 23.0 Å². The summed E-state index contributed by atoms with van der Waals surface area (Å²) in [6, 6.07) is 16.8. The number of ether oxygens (including phenoxy) is 1. The summed E-state index contributed by atoms with van der Waals surface area (Å²) < 4.78 is 5.42. The van der Waals surface area contributed by atoms with Gasteiger partial charge in [-0.2, -0.15) is 15.5 Å². The molecule has 1 fully saturated rings. The first kappa shape index (κ1) is 18.3. The highest BCUT2D eigenvalue weighted by molar-refractivity contribution is 5.87. The molecule has 0 spiro atoms. The number of azo groups is 1. The Bertz CT molecular complexity index is 895. The Morgan fingerprint density at radius 3 is 2.30 bits per heavy atom. The van der Waals surface area contributed by atoms with E-state index in [1.165, 1.54) is 0 Å². The van der Waals surface area contributed by atoms with Gasteiger partial charge in [-0.1, -0.05) is 6.58 Å². The van der Waals surface area contributed by atoms with Crippen molar-refractivity contribution in [3.05, 3.63) is 66.2 Å². The largest absolute Gasteiger partial charge is 0.457 e. The molecular formula is C21H20N4O2. The van der Waals surface area contributed by atoms with E-state index >= 15 is 0 Å². The van der Waals surface area contributed by atoms with Gasteiger partial charge >= 0.3 is 5.97 Å². The molecule has 2 aromatic carbocycles. The van der Waals surface area contributed by atoms with E-state index in [-0.39, 0.29) is 12.1 Å². The maximum Gasteiger partial charge on any atom is 0.333 e. The summed E-state index contributed by atoms with van der Waals surface area (Å²) in [5, 5.41) is 17.2. The van der Waals surface area contributed by atoms with Crippen LogP contribution in [0.4, 0.5) is 17.1 Å². The van der Waals surface area contributed by atoms with Crippen molar-refractivity contribution < 1.29 is 9.53 Å². The SMILES string of the molecule is C=C(C)C(=O)O[C@@H]1CCN(c2ccc(N=Nc3ccc(C#N)cc3)cc2)C1. The summed E-state index contributed by atoms with van der Waals surface area (Å²) in [5.74, 6) is -0.333. The number of anilines is 1. The molecule has 0 aliphatic carbocycles. The molecule has 1 saturated heterocycles. The fraction of sp³-hybridized carbons (Fsp3) is 0.238. The highest BCUT2D eigenvalue weighted by Crippen LogP contribution is 2.26. The van der Waals surface area contributed by atoms with Gasteiger partial charge in [0, 0.05) is 24.2 Å². The van der Waals surface area contributed by atoms with Crippen molar-refractivity contribution in [1.82, 2.24) is 0 Å². The standard InChI is InChI=1S/C21H20N4O2/c1-15(2)21(26)27-20-11-12-25(14-20)19-9-7-18(8-10-19)24-23-17-5-3-16(13-22)4-6-17/h3-10,20H,1,11-12,14H2,2H3/t20-/m1/s1. The number of hydrogen-bond donors (Lipinski definition) is 0. The third-order valence-electron chi connectivity index (χ3n) is 4.26. The predicted molar refractivity (Wildman–Crippen MR) is 103 cm³/mol. The van der Waals surface area contributed by atoms with Gasteiger partial charge in [-0.05, 0) is 55.5 Å². The molecular weight excluding hydrogens is 340 g/mol. The van der Waals surface area contributed by atoms with Gasteiger partial charge in [-0.3, -0.25) is 0 Å². The molecule has 27 heavy (non-hydrogen) atoms. The molecule has 1 aliphatic heterocycles. The average molecular weight is 360 g/mol. The summed E-state index contributed by atoms with van der Waals surface area (Å²) in [4.78, 5) is 13.8. The van der Waals surface area contributed by atoms with E-state index in [4.69, 9.17) is 10.00 Å². The fourth-order valence-corrected chi connectivity index (χ4v) is 2.76. The number of benzene rings is 2. The number of esters is 1. The zero-order valence-corrected chi connectivity index (χ0v) is 15.1. The number of nitrogens with zero attached hydrogens (tertiary/aromatic N) is 4. The minimum absolute atomic E-state index is 0.107. The smallest absolute Gasteiger partial charge is 0.333 e. The van der Waals surface area contributed by atoms with Crippen molar-refractivity contribution in [3.63, 3.8) is 0 Å². The molecule has 0 amide bonds. The monoisotopic (exact) mass is 360 g/mol. The molecule has 0 aromatic heterocycles. The minimum atomic E-state index is -0.333. The zero-order valence-electron chi connectivity index (χ0n) is 15.1. The molecule has 6 heteroatoms. The number of carbonyl (C=O) groups excluding carboxylic acids is 1. The molecule has 0 bridgehead atoms. The highest BCUT2D eigenvalue weighted by Gasteiger charge is 2.25. The third-order valence-corrected chi connectivity index (χ3v) is 4.26. The van der Waals surface area contributed by atoms with Gasteiger partial charge in [0.15, 0.2) is 0 Å². The van der Waals surface area contributed by atoms with E-state index in [1.54, 1.807) is 31.2 Å². The second-order valence-electron chi connectivity index (χ2n) is 6.42. The Hall–Kier alpha value is -3.46. The molecule has 1 heterocycles. The van der Waals surface area contributed by atoms with E-state index in [9.17, 15) is 4.79 Å². The van der Waals surface area contributed by atoms with Crippen molar-refractivity contribution in [2.24, 2.45) is 10.2 Å². The van der Waals surface area contributed by atoms with Crippen LogP contribution in [-0.4, -0.2) is 25.2 Å². The van der Waals surface area contributed by atoms with Gasteiger partial charge < -0.3 is 9.64 Å². The van der Waals surface area contributed by atoms with E-state index in [2.05, 4.69) is 27.8 Å². The van der Waals surface area contributed by atoms with Gasteiger partial charge in [0.1, 0.15) is 6.10 Å². The number of carbonyl (C=O) groups is 1. The number of rotatable bonds is 5. The lowest BCUT2D eigenvalue weighted by molar-refractivity contribution is -0.143. The maximum absolute atomic E-state index is 11.6. The second kappa shape index (κ2) is 8.28. The molecule has 0 saturated carbocycles. The molecule has 0 N–H and O–H groups in total. The molecule has 2 aromatic rings. The molecule has 0 unspecified atom stereocenters. The van der Waals surface area contributed by atoms with Crippen LogP contribution in [0.2, 0.25) is 0 Å². The van der Waals surface area contributed by atoms with Crippen molar-refractivity contribution in [2.45, 2.75) is 19.4 Å². The second-order valence-corrected chi connectivity index (χ2v) is 6.42. The van der Waals surface area contributed by atoms with Crippen LogP contribution < -0.4 is 4.90 Å². The minimum Gasteiger partial charge on any atom is -0.457 e. The van der Waals surface area contributed by atoms with Crippen LogP contribution in [0, 0.1) is 11.3 Å². The van der Waals surface area contributed by atoms with Crippen molar-refractivity contribution in [2.75, 3.05) is 18.0 Å².